The summed E-state index contributed by atoms with van der Waals surface area (Å²) in [5.74, 6) is 0. The lowest BCUT2D eigenvalue weighted by molar-refractivity contribution is 0.792. The Labute approximate surface area is 319 Å². The molecule has 0 aliphatic heterocycles. The first-order valence-corrected chi connectivity index (χ1v) is 19.0. The predicted octanol–water partition coefficient (Wildman–Crippen LogP) is 13.3. The van der Waals surface area contributed by atoms with Crippen LogP contribution in [0.25, 0.3) is 88.5 Å². The molecule has 0 saturated heterocycles. The summed E-state index contributed by atoms with van der Waals surface area (Å²) in [5, 5.41) is 6.05. The fourth-order valence-electron chi connectivity index (χ4n) is 9.91. The summed E-state index contributed by atoms with van der Waals surface area (Å²) in [6.45, 7) is 0. The van der Waals surface area contributed by atoms with Crippen molar-refractivity contribution < 1.29 is 0 Å². The van der Waals surface area contributed by atoms with Crippen LogP contribution in [0.1, 0.15) is 22.3 Å². The molecule has 0 N–H and O–H groups in total. The number of para-hydroxylation sites is 1. The molecule has 2 aromatic heterocycles. The van der Waals surface area contributed by atoms with E-state index in [1.807, 2.05) is 0 Å². The Balaban J connectivity index is 1.30. The van der Waals surface area contributed by atoms with Gasteiger partial charge in [0.25, 0.3) is 0 Å². The van der Waals surface area contributed by atoms with Gasteiger partial charge in [-0.1, -0.05) is 176 Å². The molecule has 0 amide bonds. The summed E-state index contributed by atoms with van der Waals surface area (Å²) in [6, 6.07) is 70.7. The largest absolute Gasteiger partial charge is 0.246 e. The zero-order valence-electron chi connectivity index (χ0n) is 29.9. The number of fused-ring (bicyclic) bond motifs is 14. The molecule has 0 saturated carbocycles. The van der Waals surface area contributed by atoms with Crippen molar-refractivity contribution in [2.45, 2.75) is 5.41 Å². The molecule has 0 bridgehead atoms. The average Bonchev–Trinajstić information content (AvgIpc) is 3.73. The third-order valence-corrected chi connectivity index (χ3v) is 12.1. The fourth-order valence-corrected chi connectivity index (χ4v) is 9.91. The molecule has 0 unspecified atom stereocenters. The molecule has 2 aliphatic rings. The van der Waals surface area contributed by atoms with E-state index in [2.05, 4.69) is 194 Å². The number of benzene rings is 8. The van der Waals surface area contributed by atoms with Gasteiger partial charge >= 0.3 is 0 Å². The van der Waals surface area contributed by atoms with Gasteiger partial charge in [-0.05, 0) is 90.0 Å². The number of hydrogen-bond donors (Lipinski definition) is 0. The van der Waals surface area contributed by atoms with E-state index in [1.165, 1.54) is 82.7 Å². The number of pyridine rings is 2. The minimum atomic E-state index is -0.541. The van der Waals surface area contributed by atoms with Crippen LogP contribution in [0.15, 0.2) is 194 Å². The first-order valence-electron chi connectivity index (χ1n) is 19.0. The van der Waals surface area contributed by atoms with Crippen molar-refractivity contribution in [2.24, 2.45) is 0 Å². The molecular weight excluding hydrogens is 665 g/mol. The van der Waals surface area contributed by atoms with Crippen LogP contribution in [0.2, 0.25) is 0 Å². The van der Waals surface area contributed by atoms with Crippen molar-refractivity contribution >= 4 is 32.4 Å². The van der Waals surface area contributed by atoms with Crippen molar-refractivity contribution in [3.63, 3.8) is 0 Å². The number of nitrogens with zero attached hydrogens (tertiary/aromatic N) is 2. The summed E-state index contributed by atoms with van der Waals surface area (Å²) in [6.07, 6.45) is 0. The van der Waals surface area contributed by atoms with Crippen LogP contribution in [0.5, 0.6) is 0 Å². The SMILES string of the molecule is c1ccc(-c2c3ccccc3c(-c3ccccc3)c3c4c(ccc23)C2(c3ccccc3-c3ccccc32)c2ccc(-c3ccc5ccccc5n3)nc2-4)cc1. The Kier molecular flexibility index (Phi) is 6.29. The molecule has 2 nitrogen and oxygen atoms in total. The quantitative estimate of drug-likeness (QED) is 0.172. The molecular formula is C53H32N2. The van der Waals surface area contributed by atoms with Crippen LogP contribution in [-0.2, 0) is 5.41 Å². The van der Waals surface area contributed by atoms with Crippen LogP contribution in [0, 0.1) is 0 Å². The van der Waals surface area contributed by atoms with Crippen LogP contribution in [0.4, 0.5) is 0 Å². The molecule has 2 heteroatoms. The van der Waals surface area contributed by atoms with Crippen molar-refractivity contribution in [1.82, 2.24) is 9.97 Å². The first kappa shape index (κ1) is 30.3. The maximum absolute atomic E-state index is 5.74. The summed E-state index contributed by atoms with van der Waals surface area (Å²) in [4.78, 5) is 10.9. The van der Waals surface area contributed by atoms with Gasteiger partial charge < -0.3 is 0 Å². The second kappa shape index (κ2) is 11.4. The van der Waals surface area contributed by atoms with Gasteiger partial charge in [0.15, 0.2) is 0 Å². The lowest BCUT2D eigenvalue weighted by Gasteiger charge is -2.30. The smallest absolute Gasteiger partial charge is 0.0894 e. The molecule has 2 heterocycles. The van der Waals surface area contributed by atoms with E-state index in [9.17, 15) is 0 Å². The average molecular weight is 697 g/mol. The molecule has 2 aliphatic carbocycles. The Morgan fingerprint density at radius 1 is 0.327 bits per heavy atom. The van der Waals surface area contributed by atoms with Crippen molar-refractivity contribution in [2.75, 3.05) is 0 Å². The third-order valence-electron chi connectivity index (χ3n) is 12.1. The van der Waals surface area contributed by atoms with Crippen molar-refractivity contribution in [3.8, 4) is 56.0 Å². The first-order chi connectivity index (χ1) is 27.3. The van der Waals surface area contributed by atoms with Gasteiger partial charge in [-0.3, -0.25) is 0 Å². The molecule has 10 aromatic rings. The Morgan fingerprint density at radius 3 is 1.60 bits per heavy atom. The predicted molar refractivity (Wildman–Crippen MR) is 227 cm³/mol. The zero-order chi connectivity index (χ0) is 36.1. The van der Waals surface area contributed by atoms with E-state index < -0.39 is 5.41 Å². The van der Waals surface area contributed by atoms with Gasteiger partial charge in [-0.25, -0.2) is 9.97 Å². The van der Waals surface area contributed by atoms with E-state index in [1.54, 1.807) is 0 Å². The Morgan fingerprint density at radius 2 is 0.873 bits per heavy atom. The number of hydrogen-bond acceptors (Lipinski definition) is 2. The number of rotatable bonds is 3. The minimum Gasteiger partial charge on any atom is -0.246 e. The van der Waals surface area contributed by atoms with Crippen LogP contribution in [0.3, 0.4) is 0 Å². The van der Waals surface area contributed by atoms with Gasteiger partial charge in [0.05, 0.1) is 28.0 Å². The van der Waals surface area contributed by atoms with E-state index in [-0.39, 0.29) is 0 Å². The highest BCUT2D eigenvalue weighted by Gasteiger charge is 2.53. The molecule has 0 atom stereocenters. The molecule has 12 rings (SSSR count). The standard InChI is InChI=1S/C53H32N2/c1-3-16-34(17-4-1)48-38-22-8-9-23-39(38)49(35-18-5-2-6-19-35)50-40(48)28-29-43-51(50)52-44(30-32-47(55-52)46-31-27-33-15-7-14-26-45(33)54-46)53(43)41-24-12-10-20-36(41)37-21-11-13-25-42(37)53/h1-32H. The number of aromatic nitrogens is 2. The lowest BCUT2D eigenvalue weighted by atomic mass is 9.70. The van der Waals surface area contributed by atoms with E-state index >= 15 is 0 Å². The minimum absolute atomic E-state index is 0.541. The molecule has 55 heavy (non-hydrogen) atoms. The highest BCUT2D eigenvalue weighted by Crippen LogP contribution is 2.64. The van der Waals surface area contributed by atoms with Crippen LogP contribution >= 0.6 is 0 Å². The highest BCUT2D eigenvalue weighted by molar-refractivity contribution is 6.26. The molecule has 0 radical (unpaired) electrons. The maximum atomic E-state index is 5.74. The lowest BCUT2D eigenvalue weighted by Crippen LogP contribution is -2.25. The van der Waals surface area contributed by atoms with Gasteiger partial charge in [0.2, 0.25) is 0 Å². The summed E-state index contributed by atoms with van der Waals surface area (Å²) in [7, 11) is 0. The van der Waals surface area contributed by atoms with E-state index in [4.69, 9.17) is 9.97 Å². The Hall–Kier alpha value is -7.16. The van der Waals surface area contributed by atoms with Gasteiger partial charge in [0.1, 0.15) is 0 Å². The van der Waals surface area contributed by atoms with Gasteiger partial charge in [0, 0.05) is 16.3 Å². The van der Waals surface area contributed by atoms with E-state index in [0.29, 0.717) is 0 Å². The third kappa shape index (κ3) is 4.08. The normalized spacial score (nSPS) is 13.2. The second-order valence-corrected chi connectivity index (χ2v) is 14.8. The Bertz CT molecular complexity index is 3150. The highest BCUT2D eigenvalue weighted by atomic mass is 14.8. The van der Waals surface area contributed by atoms with Crippen LogP contribution in [-0.4, -0.2) is 9.97 Å². The summed E-state index contributed by atoms with van der Waals surface area (Å²) >= 11 is 0. The molecule has 8 aromatic carbocycles. The monoisotopic (exact) mass is 696 g/mol. The van der Waals surface area contributed by atoms with Gasteiger partial charge in [-0.2, -0.15) is 0 Å². The summed E-state index contributed by atoms with van der Waals surface area (Å²) in [5.41, 5.74) is 16.9. The summed E-state index contributed by atoms with van der Waals surface area (Å²) < 4.78 is 0. The van der Waals surface area contributed by atoms with Crippen molar-refractivity contribution in [3.05, 3.63) is 216 Å². The van der Waals surface area contributed by atoms with E-state index in [0.717, 1.165) is 28.0 Å². The molecule has 0 fully saturated rings. The topological polar surface area (TPSA) is 25.8 Å². The van der Waals surface area contributed by atoms with Gasteiger partial charge in [-0.15, -0.1) is 0 Å². The molecule has 254 valence electrons. The van der Waals surface area contributed by atoms with Crippen LogP contribution < -0.4 is 0 Å². The van der Waals surface area contributed by atoms with Crippen molar-refractivity contribution in [1.29, 1.82) is 0 Å². The second-order valence-electron chi connectivity index (χ2n) is 14.8. The zero-order valence-corrected chi connectivity index (χ0v) is 29.9. The molecule has 1 spiro atoms. The maximum Gasteiger partial charge on any atom is 0.0894 e. The fraction of sp³-hybridized carbons (Fsp3) is 0.0189.